The fourth-order valence-electron chi connectivity index (χ4n) is 5.24. The summed E-state index contributed by atoms with van der Waals surface area (Å²) in [4.78, 5) is 48.3. The SMILES string of the molecule is CC(=O)OCC1=C(C(=O)OC(c2ccccc2)c2ccccc2)N2C(=O)C(Nc3ncc(Cc4ccc(N)cc4)[nH]3)[C@@H]2SC1. The normalized spacial score (nSPS) is 17.6. The third-order valence-electron chi connectivity index (χ3n) is 7.41. The minimum atomic E-state index is -0.701. The van der Waals surface area contributed by atoms with Crippen LogP contribution in [0.4, 0.5) is 11.6 Å². The zero-order chi connectivity index (χ0) is 30.6. The van der Waals surface area contributed by atoms with E-state index in [2.05, 4.69) is 15.3 Å². The monoisotopic (exact) mass is 609 g/mol. The average molecular weight is 610 g/mol. The molecule has 0 aliphatic carbocycles. The molecule has 0 spiro atoms. The highest BCUT2D eigenvalue weighted by atomic mass is 32.2. The number of imidazole rings is 1. The fourth-order valence-corrected chi connectivity index (χ4v) is 6.57. The van der Waals surface area contributed by atoms with Crippen molar-refractivity contribution in [2.75, 3.05) is 23.4 Å². The number of nitrogens with zero attached hydrogens (tertiary/aromatic N) is 2. The summed E-state index contributed by atoms with van der Waals surface area (Å²) in [6, 6.07) is 25.8. The minimum absolute atomic E-state index is 0.110. The van der Waals surface area contributed by atoms with Gasteiger partial charge in [-0.05, 0) is 28.8 Å². The van der Waals surface area contributed by atoms with Gasteiger partial charge in [0.05, 0.1) is 6.20 Å². The van der Waals surface area contributed by atoms with Crippen molar-refractivity contribution < 1.29 is 23.9 Å². The lowest BCUT2D eigenvalue weighted by Crippen LogP contribution is -2.68. The Morgan fingerprint density at radius 3 is 2.34 bits per heavy atom. The van der Waals surface area contributed by atoms with E-state index in [1.54, 1.807) is 6.20 Å². The molecule has 0 bridgehead atoms. The van der Waals surface area contributed by atoms with Crippen molar-refractivity contribution in [1.29, 1.82) is 0 Å². The van der Waals surface area contributed by atoms with Gasteiger partial charge in [0, 0.05) is 36.1 Å². The van der Waals surface area contributed by atoms with E-state index in [0.717, 1.165) is 22.4 Å². The second kappa shape index (κ2) is 12.7. The molecule has 3 aromatic carbocycles. The number of aromatic amines is 1. The molecule has 44 heavy (non-hydrogen) atoms. The molecule has 1 aromatic heterocycles. The Bertz CT molecular complexity index is 1650. The highest BCUT2D eigenvalue weighted by Crippen LogP contribution is 2.42. The highest BCUT2D eigenvalue weighted by molar-refractivity contribution is 8.00. The molecular formula is C33H31N5O5S. The Morgan fingerprint density at radius 1 is 1.05 bits per heavy atom. The number of benzene rings is 3. The standard InChI is InChI=1S/C33H31N5O5S/c1-20(39)42-18-24-19-44-31-27(37-33-35-17-26(36-33)16-21-12-14-25(34)15-13-21)30(40)38(31)28(24)32(41)43-29(22-8-4-2-5-9-22)23-10-6-3-7-11-23/h2-15,17,27,29,31H,16,18-19,34H2,1H3,(H2,35,36,37)/t27?,31-/m0/s1. The van der Waals surface area contributed by atoms with Gasteiger partial charge in [-0.15, -0.1) is 11.8 Å². The van der Waals surface area contributed by atoms with Crippen molar-refractivity contribution in [3.05, 3.63) is 125 Å². The Hall–Kier alpha value is -5.03. The van der Waals surface area contributed by atoms with Crippen LogP contribution in [0.3, 0.4) is 0 Å². The molecule has 2 aliphatic heterocycles. The Balaban J connectivity index is 1.22. The summed E-state index contributed by atoms with van der Waals surface area (Å²) < 4.78 is 11.4. The molecule has 3 heterocycles. The Labute approximate surface area is 258 Å². The smallest absolute Gasteiger partial charge is 0.356 e. The van der Waals surface area contributed by atoms with E-state index in [4.69, 9.17) is 15.2 Å². The van der Waals surface area contributed by atoms with E-state index in [-0.39, 0.29) is 23.6 Å². The molecule has 6 rings (SSSR count). The maximum Gasteiger partial charge on any atom is 0.356 e. The average Bonchev–Trinajstić information content (AvgIpc) is 3.49. The molecule has 2 aliphatic rings. The van der Waals surface area contributed by atoms with Gasteiger partial charge >= 0.3 is 11.9 Å². The number of nitrogens with two attached hydrogens (primary N) is 1. The van der Waals surface area contributed by atoms with Gasteiger partial charge in [-0.2, -0.15) is 0 Å². The van der Waals surface area contributed by atoms with Gasteiger partial charge in [0.2, 0.25) is 5.95 Å². The number of carbonyl (C=O) groups excluding carboxylic acids is 3. The van der Waals surface area contributed by atoms with Crippen molar-refractivity contribution in [2.45, 2.75) is 30.9 Å². The number of anilines is 2. The zero-order valence-corrected chi connectivity index (χ0v) is 24.8. The van der Waals surface area contributed by atoms with E-state index < -0.39 is 24.1 Å². The number of β-lactam (4-membered cyclic amide) rings is 1. The second-order valence-electron chi connectivity index (χ2n) is 10.5. The number of carbonyl (C=O) groups is 3. The molecule has 1 saturated heterocycles. The molecule has 4 aromatic rings. The van der Waals surface area contributed by atoms with Crippen molar-refractivity contribution in [2.24, 2.45) is 0 Å². The Kier molecular flexibility index (Phi) is 8.38. The van der Waals surface area contributed by atoms with Crippen molar-refractivity contribution in [1.82, 2.24) is 14.9 Å². The predicted octanol–water partition coefficient (Wildman–Crippen LogP) is 4.43. The van der Waals surface area contributed by atoms with Crippen LogP contribution in [0.2, 0.25) is 0 Å². The first kappa shape index (κ1) is 29.1. The third-order valence-corrected chi connectivity index (χ3v) is 8.75. The van der Waals surface area contributed by atoms with Gasteiger partial charge in [0.25, 0.3) is 5.91 Å². The number of nitrogens with one attached hydrogen (secondary N) is 2. The van der Waals surface area contributed by atoms with Gasteiger partial charge in [-0.25, -0.2) is 9.78 Å². The summed E-state index contributed by atoms with van der Waals surface area (Å²) >= 11 is 1.48. The number of esters is 2. The minimum Gasteiger partial charge on any atom is -0.461 e. The van der Waals surface area contributed by atoms with Crippen LogP contribution >= 0.6 is 11.8 Å². The molecular weight excluding hydrogens is 578 g/mol. The summed E-state index contributed by atoms with van der Waals surface area (Å²) in [5.74, 6) is -0.605. The topological polar surface area (TPSA) is 140 Å². The number of rotatable bonds is 10. The lowest BCUT2D eigenvalue weighted by atomic mass is 10.0. The number of ether oxygens (including phenoxy) is 2. The number of fused-ring (bicyclic) bond motifs is 1. The molecule has 1 unspecified atom stereocenters. The first-order valence-corrected chi connectivity index (χ1v) is 15.2. The highest BCUT2D eigenvalue weighted by Gasteiger charge is 2.54. The van der Waals surface area contributed by atoms with Gasteiger partial charge in [0.1, 0.15) is 23.7 Å². The van der Waals surface area contributed by atoms with Gasteiger partial charge < -0.3 is 25.5 Å². The van der Waals surface area contributed by atoms with Crippen LogP contribution < -0.4 is 11.1 Å². The lowest BCUT2D eigenvalue weighted by Gasteiger charge is -2.49. The van der Waals surface area contributed by atoms with Crippen LogP contribution in [0.15, 0.2) is 102 Å². The molecule has 224 valence electrons. The van der Waals surface area contributed by atoms with Crippen LogP contribution in [0.1, 0.15) is 35.4 Å². The van der Waals surface area contributed by atoms with Crippen LogP contribution in [0.25, 0.3) is 0 Å². The van der Waals surface area contributed by atoms with E-state index in [0.29, 0.717) is 29.4 Å². The van der Waals surface area contributed by atoms with Crippen LogP contribution in [0.5, 0.6) is 0 Å². The van der Waals surface area contributed by atoms with Crippen molar-refractivity contribution >= 4 is 41.2 Å². The van der Waals surface area contributed by atoms with E-state index >= 15 is 0 Å². The zero-order valence-electron chi connectivity index (χ0n) is 23.9. The molecule has 4 N–H and O–H groups in total. The van der Waals surface area contributed by atoms with Crippen LogP contribution in [0, 0.1) is 0 Å². The van der Waals surface area contributed by atoms with Gasteiger partial charge in [-0.3, -0.25) is 14.5 Å². The molecule has 1 amide bonds. The summed E-state index contributed by atoms with van der Waals surface area (Å²) in [5, 5.41) is 2.82. The number of amides is 1. The molecule has 11 heteroatoms. The number of hydrogen-bond acceptors (Lipinski definition) is 9. The van der Waals surface area contributed by atoms with Crippen LogP contribution in [-0.4, -0.2) is 56.5 Å². The first-order chi connectivity index (χ1) is 21.4. The van der Waals surface area contributed by atoms with E-state index in [9.17, 15) is 14.4 Å². The third kappa shape index (κ3) is 6.18. The number of hydrogen-bond donors (Lipinski definition) is 3. The lowest BCUT2D eigenvalue weighted by molar-refractivity contribution is -0.152. The maximum absolute atomic E-state index is 13.9. The number of nitrogen functional groups attached to an aromatic ring is 1. The summed E-state index contributed by atoms with van der Waals surface area (Å²) in [5.41, 5.74) is 10.6. The van der Waals surface area contributed by atoms with E-state index in [1.807, 2.05) is 84.9 Å². The van der Waals surface area contributed by atoms with Crippen molar-refractivity contribution in [3.8, 4) is 0 Å². The Morgan fingerprint density at radius 2 is 1.70 bits per heavy atom. The summed E-state index contributed by atoms with van der Waals surface area (Å²) in [6.45, 7) is 1.19. The maximum atomic E-state index is 13.9. The summed E-state index contributed by atoms with van der Waals surface area (Å²) in [6.07, 6.45) is 1.65. The first-order valence-electron chi connectivity index (χ1n) is 14.1. The van der Waals surface area contributed by atoms with Gasteiger partial charge in [-0.1, -0.05) is 72.8 Å². The second-order valence-corrected chi connectivity index (χ2v) is 11.7. The molecule has 2 atom stereocenters. The largest absolute Gasteiger partial charge is 0.461 e. The summed E-state index contributed by atoms with van der Waals surface area (Å²) in [7, 11) is 0. The van der Waals surface area contributed by atoms with Crippen molar-refractivity contribution in [3.63, 3.8) is 0 Å². The quantitative estimate of drug-likeness (QED) is 0.135. The number of H-pyrrole nitrogens is 1. The number of aromatic nitrogens is 2. The number of thioether (sulfide) groups is 1. The van der Waals surface area contributed by atoms with Crippen LogP contribution in [-0.2, 0) is 30.3 Å². The van der Waals surface area contributed by atoms with E-state index in [1.165, 1.54) is 23.6 Å². The molecule has 1 fully saturated rings. The molecule has 10 nitrogen and oxygen atoms in total. The molecule has 0 radical (unpaired) electrons. The molecule has 0 saturated carbocycles. The fraction of sp³-hybridized carbons (Fsp3) is 0.212. The van der Waals surface area contributed by atoms with Gasteiger partial charge in [0.15, 0.2) is 6.10 Å². The predicted molar refractivity (Wildman–Crippen MR) is 167 cm³/mol.